The molecule has 3 rings (SSSR count). The summed E-state index contributed by atoms with van der Waals surface area (Å²) in [5.41, 5.74) is 0.929. The van der Waals surface area contributed by atoms with Crippen molar-refractivity contribution in [1.29, 1.82) is 0 Å². The Bertz CT molecular complexity index is 620. The summed E-state index contributed by atoms with van der Waals surface area (Å²) in [6.07, 6.45) is 6.20. The molecule has 2 fully saturated rings. The van der Waals surface area contributed by atoms with Gasteiger partial charge in [-0.1, -0.05) is 12.8 Å². The monoisotopic (exact) mass is 310 g/mol. The van der Waals surface area contributed by atoms with Crippen LogP contribution in [0.5, 0.6) is 0 Å². The fourth-order valence-electron chi connectivity index (χ4n) is 3.00. The Hall–Kier alpha value is -1.21. The molecule has 1 saturated heterocycles. The molecule has 0 radical (unpaired) electrons. The molecule has 2 aliphatic rings. The lowest BCUT2D eigenvalue weighted by atomic mass is 10.0. The van der Waals surface area contributed by atoms with Crippen LogP contribution in [0.15, 0.2) is 6.07 Å². The van der Waals surface area contributed by atoms with E-state index in [2.05, 4.69) is 15.3 Å². The molecule has 0 unspecified atom stereocenters. The third kappa shape index (κ3) is 3.35. The molecule has 6 nitrogen and oxygen atoms in total. The molecule has 0 bridgehead atoms. The van der Waals surface area contributed by atoms with Crippen molar-refractivity contribution in [3.8, 4) is 0 Å². The van der Waals surface area contributed by atoms with Crippen molar-refractivity contribution in [1.82, 2.24) is 14.3 Å². The fourth-order valence-corrected chi connectivity index (χ4v) is 3.90. The number of anilines is 1. The SMILES string of the molecule is Cc1cc(NC2CCCC2)nc(C2CN(S(C)(=O)=O)C2)n1. The standard InChI is InChI=1S/C14H22N4O2S/c1-10-7-13(16-12-5-3-4-6-12)17-14(15-10)11-8-18(9-11)21(2,19)20/h7,11-12H,3-6,8-9H2,1-2H3,(H,15,16,17). The average Bonchev–Trinajstić information content (AvgIpc) is 2.76. The van der Waals surface area contributed by atoms with Crippen LogP contribution in [0.2, 0.25) is 0 Å². The van der Waals surface area contributed by atoms with E-state index in [0.717, 1.165) is 17.3 Å². The largest absolute Gasteiger partial charge is 0.367 e. The number of sulfonamides is 1. The average molecular weight is 310 g/mol. The van der Waals surface area contributed by atoms with Crippen molar-refractivity contribution in [2.24, 2.45) is 0 Å². The number of aryl methyl sites for hydroxylation is 1. The molecule has 1 N–H and O–H groups in total. The second-order valence-electron chi connectivity index (χ2n) is 6.16. The van der Waals surface area contributed by atoms with Gasteiger partial charge in [0.15, 0.2) is 0 Å². The lowest BCUT2D eigenvalue weighted by Gasteiger charge is -2.36. The second kappa shape index (κ2) is 5.53. The smallest absolute Gasteiger partial charge is 0.211 e. The minimum Gasteiger partial charge on any atom is -0.367 e. The molecule has 1 aromatic heterocycles. The van der Waals surface area contributed by atoms with Gasteiger partial charge in [-0.3, -0.25) is 0 Å². The maximum Gasteiger partial charge on any atom is 0.211 e. The van der Waals surface area contributed by atoms with Gasteiger partial charge in [0, 0.05) is 36.8 Å². The summed E-state index contributed by atoms with van der Waals surface area (Å²) in [5, 5.41) is 3.48. The molecular formula is C14H22N4O2S. The van der Waals surface area contributed by atoms with Gasteiger partial charge in [0.25, 0.3) is 0 Å². The van der Waals surface area contributed by atoms with Crippen LogP contribution < -0.4 is 5.32 Å². The summed E-state index contributed by atoms with van der Waals surface area (Å²) in [5.74, 6) is 1.75. The summed E-state index contributed by atoms with van der Waals surface area (Å²) >= 11 is 0. The highest BCUT2D eigenvalue weighted by Crippen LogP contribution is 2.28. The third-order valence-corrected chi connectivity index (χ3v) is 5.50. The first-order valence-corrected chi connectivity index (χ1v) is 9.34. The number of aromatic nitrogens is 2. The van der Waals surface area contributed by atoms with Crippen LogP contribution in [0.1, 0.15) is 43.1 Å². The van der Waals surface area contributed by atoms with Crippen molar-refractivity contribution in [2.75, 3.05) is 24.7 Å². The van der Waals surface area contributed by atoms with Crippen molar-refractivity contribution in [3.63, 3.8) is 0 Å². The van der Waals surface area contributed by atoms with Gasteiger partial charge in [-0.15, -0.1) is 0 Å². The van der Waals surface area contributed by atoms with Crippen molar-refractivity contribution in [2.45, 2.75) is 44.6 Å². The first-order chi connectivity index (χ1) is 9.91. The number of rotatable bonds is 4. The summed E-state index contributed by atoms with van der Waals surface area (Å²) in [7, 11) is -3.08. The van der Waals surface area contributed by atoms with Gasteiger partial charge in [0.1, 0.15) is 11.6 Å². The number of hydrogen-bond acceptors (Lipinski definition) is 5. The van der Waals surface area contributed by atoms with Crippen molar-refractivity contribution < 1.29 is 8.42 Å². The van der Waals surface area contributed by atoms with E-state index in [1.807, 2.05) is 13.0 Å². The van der Waals surface area contributed by atoms with Gasteiger partial charge in [0.2, 0.25) is 10.0 Å². The van der Waals surface area contributed by atoms with Gasteiger partial charge >= 0.3 is 0 Å². The van der Waals surface area contributed by atoms with Crippen molar-refractivity contribution in [3.05, 3.63) is 17.6 Å². The lowest BCUT2D eigenvalue weighted by Crippen LogP contribution is -2.48. The van der Waals surface area contributed by atoms with E-state index in [4.69, 9.17) is 0 Å². The molecule has 1 aliphatic heterocycles. The van der Waals surface area contributed by atoms with Crippen LogP contribution in [0.4, 0.5) is 5.82 Å². The lowest BCUT2D eigenvalue weighted by molar-refractivity contribution is 0.257. The zero-order valence-electron chi connectivity index (χ0n) is 12.5. The van der Waals surface area contributed by atoms with Crippen LogP contribution in [0.25, 0.3) is 0 Å². The normalized spacial score (nSPS) is 21.4. The van der Waals surface area contributed by atoms with Crippen LogP contribution >= 0.6 is 0 Å². The number of nitrogens with zero attached hydrogens (tertiary/aromatic N) is 3. The molecular weight excluding hydrogens is 288 g/mol. The molecule has 7 heteroatoms. The molecule has 1 aromatic rings. The van der Waals surface area contributed by atoms with E-state index in [1.54, 1.807) is 0 Å². The molecule has 116 valence electrons. The van der Waals surface area contributed by atoms with E-state index in [9.17, 15) is 8.42 Å². The summed E-state index contributed by atoms with van der Waals surface area (Å²) < 4.78 is 24.3. The molecule has 0 spiro atoms. The first kappa shape index (κ1) is 14.7. The van der Waals surface area contributed by atoms with Gasteiger partial charge in [-0.05, 0) is 19.8 Å². The molecule has 0 aromatic carbocycles. The Labute approximate surface area is 126 Å². The zero-order chi connectivity index (χ0) is 15.0. The van der Waals surface area contributed by atoms with E-state index in [1.165, 1.54) is 36.2 Å². The van der Waals surface area contributed by atoms with Crippen LogP contribution in [-0.2, 0) is 10.0 Å². The maximum absolute atomic E-state index is 11.4. The Morgan fingerprint density at radius 3 is 2.52 bits per heavy atom. The Kier molecular flexibility index (Phi) is 3.88. The van der Waals surface area contributed by atoms with E-state index < -0.39 is 10.0 Å². The topological polar surface area (TPSA) is 75.2 Å². The molecule has 21 heavy (non-hydrogen) atoms. The highest BCUT2D eigenvalue weighted by Gasteiger charge is 2.36. The zero-order valence-corrected chi connectivity index (χ0v) is 13.4. The van der Waals surface area contributed by atoms with E-state index in [-0.39, 0.29) is 5.92 Å². The van der Waals surface area contributed by atoms with Gasteiger partial charge in [-0.2, -0.15) is 0 Å². The van der Waals surface area contributed by atoms with Gasteiger partial charge in [0.05, 0.1) is 6.26 Å². The predicted octanol–water partition coefficient (Wildman–Crippen LogP) is 1.50. The predicted molar refractivity (Wildman–Crippen MR) is 81.8 cm³/mol. The Morgan fingerprint density at radius 1 is 1.24 bits per heavy atom. The minimum atomic E-state index is -3.08. The summed E-state index contributed by atoms with van der Waals surface area (Å²) in [6.45, 7) is 2.94. The van der Waals surface area contributed by atoms with Gasteiger partial charge in [-0.25, -0.2) is 22.7 Å². The Morgan fingerprint density at radius 2 is 1.90 bits per heavy atom. The second-order valence-corrected chi connectivity index (χ2v) is 8.14. The molecule has 2 heterocycles. The van der Waals surface area contributed by atoms with Gasteiger partial charge < -0.3 is 5.32 Å². The first-order valence-electron chi connectivity index (χ1n) is 7.49. The molecule has 1 saturated carbocycles. The highest BCUT2D eigenvalue weighted by molar-refractivity contribution is 7.88. The molecule has 0 atom stereocenters. The third-order valence-electron chi connectivity index (χ3n) is 4.26. The highest BCUT2D eigenvalue weighted by atomic mass is 32.2. The quantitative estimate of drug-likeness (QED) is 0.912. The van der Waals surface area contributed by atoms with Crippen LogP contribution in [-0.4, -0.2) is 48.1 Å². The van der Waals surface area contributed by atoms with Crippen LogP contribution in [0, 0.1) is 6.92 Å². The minimum absolute atomic E-state index is 0.115. The van der Waals surface area contributed by atoms with E-state index >= 15 is 0 Å². The number of hydrogen-bond donors (Lipinski definition) is 1. The molecule has 0 amide bonds. The molecule has 1 aliphatic carbocycles. The summed E-state index contributed by atoms with van der Waals surface area (Å²) in [6, 6.07) is 2.48. The Balaban J connectivity index is 1.70. The maximum atomic E-state index is 11.4. The van der Waals surface area contributed by atoms with Crippen molar-refractivity contribution >= 4 is 15.8 Å². The number of nitrogens with one attached hydrogen (secondary N) is 1. The fraction of sp³-hybridized carbons (Fsp3) is 0.714. The summed E-state index contributed by atoms with van der Waals surface area (Å²) in [4.78, 5) is 9.07. The van der Waals surface area contributed by atoms with Crippen LogP contribution in [0.3, 0.4) is 0 Å². The van der Waals surface area contributed by atoms with E-state index in [0.29, 0.717) is 19.1 Å².